The summed E-state index contributed by atoms with van der Waals surface area (Å²) in [5.74, 6) is 0.390. The van der Waals surface area contributed by atoms with Crippen molar-refractivity contribution in [2.75, 3.05) is 32.1 Å². The molecule has 9 nitrogen and oxygen atoms in total. The van der Waals surface area contributed by atoms with E-state index in [2.05, 4.69) is 15.3 Å². The van der Waals surface area contributed by atoms with Gasteiger partial charge in [0.2, 0.25) is 0 Å². The monoisotopic (exact) mass is 484 g/mol. The summed E-state index contributed by atoms with van der Waals surface area (Å²) in [6, 6.07) is 12.4. The summed E-state index contributed by atoms with van der Waals surface area (Å²) >= 11 is 6.43. The predicted octanol–water partition coefficient (Wildman–Crippen LogP) is 4.18. The number of carbonyl (C=O) groups excluding carboxylic acids is 1. The van der Waals surface area contributed by atoms with Crippen LogP contribution < -0.4 is 15.8 Å². The molecule has 3 aliphatic rings. The fraction of sp³-hybridized carbons (Fsp3) is 0.375. The number of anilines is 1. The van der Waals surface area contributed by atoms with Crippen molar-refractivity contribution in [2.24, 2.45) is 5.92 Å². The van der Waals surface area contributed by atoms with E-state index in [1.807, 2.05) is 30.3 Å². The summed E-state index contributed by atoms with van der Waals surface area (Å²) in [6.07, 6.45) is 1.45. The first-order valence-corrected chi connectivity index (χ1v) is 11.6. The third-order valence-corrected chi connectivity index (χ3v) is 6.79. The molecule has 3 saturated heterocycles. The van der Waals surface area contributed by atoms with Gasteiger partial charge in [-0.2, -0.15) is 4.68 Å². The topological polar surface area (TPSA) is 98.8 Å². The van der Waals surface area contributed by atoms with Gasteiger partial charge in [0.1, 0.15) is 12.4 Å². The van der Waals surface area contributed by atoms with Crippen LogP contribution in [0.1, 0.15) is 24.4 Å². The first kappa shape index (κ1) is 22.5. The van der Waals surface area contributed by atoms with Gasteiger partial charge in [0, 0.05) is 12.6 Å². The van der Waals surface area contributed by atoms with Gasteiger partial charge < -0.3 is 18.8 Å². The number of aromatic nitrogens is 2. The number of benzene rings is 2. The molecule has 0 spiro atoms. The highest BCUT2D eigenvalue weighted by Crippen LogP contribution is 2.38. The van der Waals surface area contributed by atoms with Crippen molar-refractivity contribution in [1.29, 1.82) is 0 Å². The predicted molar refractivity (Wildman–Crippen MR) is 126 cm³/mol. The first-order chi connectivity index (χ1) is 16.5. The quantitative estimate of drug-likeness (QED) is 0.560. The summed E-state index contributed by atoms with van der Waals surface area (Å²) in [5.41, 5.74) is 1.60. The van der Waals surface area contributed by atoms with Gasteiger partial charge in [-0.25, -0.2) is 9.59 Å². The van der Waals surface area contributed by atoms with Crippen LogP contribution in [-0.2, 0) is 11.3 Å². The highest BCUT2D eigenvalue weighted by atomic mass is 35.5. The zero-order valence-electron chi connectivity index (χ0n) is 18.7. The van der Waals surface area contributed by atoms with Gasteiger partial charge in [-0.1, -0.05) is 41.9 Å². The second kappa shape index (κ2) is 9.52. The lowest BCUT2D eigenvalue weighted by Crippen LogP contribution is -2.49. The molecule has 10 heteroatoms. The summed E-state index contributed by atoms with van der Waals surface area (Å²) < 4.78 is 17.7. The lowest BCUT2D eigenvalue weighted by atomic mass is 9.84. The molecular weight excluding hydrogens is 460 g/mol. The molecule has 2 aromatic carbocycles. The van der Waals surface area contributed by atoms with Gasteiger partial charge in [0.25, 0.3) is 5.89 Å². The summed E-state index contributed by atoms with van der Waals surface area (Å²) in [7, 11) is 1.48. The number of hydrogen-bond donors (Lipinski definition) is 1. The highest BCUT2D eigenvalue weighted by molar-refractivity contribution is 6.34. The molecule has 2 bridgehead atoms. The van der Waals surface area contributed by atoms with Crippen molar-refractivity contribution in [3.63, 3.8) is 0 Å². The number of halogens is 1. The molecule has 0 aliphatic carbocycles. The average Bonchev–Trinajstić information content (AvgIpc) is 3.26. The van der Waals surface area contributed by atoms with Crippen molar-refractivity contribution < 1.29 is 18.7 Å². The van der Waals surface area contributed by atoms with Crippen LogP contribution in [0, 0.1) is 5.92 Å². The van der Waals surface area contributed by atoms with Gasteiger partial charge in [-0.3, -0.25) is 5.32 Å². The molecule has 4 heterocycles. The van der Waals surface area contributed by atoms with E-state index in [-0.39, 0.29) is 23.6 Å². The number of fused-ring (bicyclic) bond motifs is 3. The van der Waals surface area contributed by atoms with Crippen LogP contribution in [0.2, 0.25) is 5.02 Å². The summed E-state index contributed by atoms with van der Waals surface area (Å²) in [4.78, 5) is 27.3. The molecule has 178 valence electrons. The lowest BCUT2D eigenvalue weighted by Gasteiger charge is -2.43. The molecule has 0 unspecified atom stereocenters. The maximum atomic E-state index is 12.6. The van der Waals surface area contributed by atoms with E-state index < -0.39 is 11.8 Å². The first-order valence-electron chi connectivity index (χ1n) is 11.2. The Bertz CT molecular complexity index is 1230. The van der Waals surface area contributed by atoms with Gasteiger partial charge >= 0.3 is 11.8 Å². The lowest BCUT2D eigenvalue weighted by molar-refractivity contribution is 0.0482. The molecule has 34 heavy (non-hydrogen) atoms. The standard InChI is InChI=1S/C24H25ClN4O5/c1-32-21-12-19(26-23(30)33-14-15-5-3-2-4-6-15)18(25)11-17(21)22-27-29(24(31)34-22)20-13-28-9-7-16(20)8-10-28/h2-6,11-12,16,20H,7-10,13-14H2,1H3,(H,26,30)/t20-/m1/s1. The number of hydrogen-bond acceptors (Lipinski definition) is 7. The Balaban J connectivity index is 1.35. The van der Waals surface area contributed by atoms with Gasteiger partial charge in [0.05, 0.1) is 29.4 Å². The molecule has 1 aromatic heterocycles. The zero-order valence-corrected chi connectivity index (χ0v) is 19.5. The molecule has 1 N–H and O–H groups in total. The van der Waals surface area contributed by atoms with Crippen LogP contribution in [0.4, 0.5) is 10.5 Å². The smallest absolute Gasteiger partial charge is 0.437 e. The van der Waals surface area contributed by atoms with E-state index in [1.165, 1.54) is 11.8 Å². The molecule has 1 amide bonds. The molecule has 3 fully saturated rings. The van der Waals surface area contributed by atoms with Crippen molar-refractivity contribution in [1.82, 2.24) is 14.7 Å². The molecule has 0 saturated carbocycles. The fourth-order valence-electron chi connectivity index (χ4n) is 4.67. The molecule has 1 atom stereocenters. The van der Waals surface area contributed by atoms with Gasteiger partial charge in [0.15, 0.2) is 0 Å². The maximum absolute atomic E-state index is 12.6. The number of nitrogens with one attached hydrogen (secondary N) is 1. The number of methoxy groups -OCH3 is 1. The molecule has 3 aliphatic heterocycles. The second-order valence-corrected chi connectivity index (χ2v) is 8.95. The fourth-order valence-corrected chi connectivity index (χ4v) is 4.88. The maximum Gasteiger partial charge on any atom is 0.437 e. The Hall–Kier alpha value is -3.30. The Kier molecular flexibility index (Phi) is 6.30. The number of carbonyl (C=O) groups is 1. The number of amides is 1. The van der Waals surface area contributed by atoms with Crippen molar-refractivity contribution in [3.8, 4) is 17.2 Å². The minimum absolute atomic E-state index is 0.00529. The number of piperidine rings is 3. The minimum atomic E-state index is -0.654. The average molecular weight is 485 g/mol. The summed E-state index contributed by atoms with van der Waals surface area (Å²) in [5, 5.41) is 7.34. The Morgan fingerprint density at radius 3 is 2.68 bits per heavy atom. The Morgan fingerprint density at radius 1 is 1.24 bits per heavy atom. The second-order valence-electron chi connectivity index (χ2n) is 8.54. The normalized spacial score (nSPS) is 21.3. The molecule has 6 rings (SSSR count). The third kappa shape index (κ3) is 4.53. The van der Waals surface area contributed by atoms with E-state index in [0.717, 1.165) is 38.0 Å². The van der Waals surface area contributed by atoms with E-state index in [1.54, 1.807) is 12.1 Å². The Morgan fingerprint density at radius 2 is 2.00 bits per heavy atom. The highest BCUT2D eigenvalue weighted by Gasteiger charge is 2.37. The third-order valence-electron chi connectivity index (χ3n) is 6.47. The van der Waals surface area contributed by atoms with Crippen LogP contribution in [0.25, 0.3) is 11.5 Å². The van der Waals surface area contributed by atoms with Crippen molar-refractivity contribution in [2.45, 2.75) is 25.5 Å². The molecular formula is C24H25ClN4O5. The minimum Gasteiger partial charge on any atom is -0.496 e. The van der Waals surface area contributed by atoms with Gasteiger partial charge in [-0.05, 0) is 43.5 Å². The van der Waals surface area contributed by atoms with Crippen molar-refractivity contribution >= 4 is 23.4 Å². The van der Waals surface area contributed by atoms with Gasteiger partial charge in [-0.15, -0.1) is 5.10 Å². The number of ether oxygens (including phenoxy) is 2. The van der Waals surface area contributed by atoms with E-state index in [9.17, 15) is 9.59 Å². The molecule has 3 aromatic rings. The zero-order chi connectivity index (χ0) is 23.7. The van der Waals surface area contributed by atoms with Crippen LogP contribution in [0.3, 0.4) is 0 Å². The van der Waals surface area contributed by atoms with Crippen LogP contribution in [0.5, 0.6) is 5.75 Å². The van der Waals surface area contributed by atoms with E-state index in [4.69, 9.17) is 25.5 Å². The summed E-state index contributed by atoms with van der Waals surface area (Å²) in [6.45, 7) is 3.04. The van der Waals surface area contributed by atoms with Crippen LogP contribution in [-0.4, -0.2) is 47.5 Å². The van der Waals surface area contributed by atoms with E-state index >= 15 is 0 Å². The Labute approximate surface area is 201 Å². The molecule has 0 radical (unpaired) electrons. The van der Waals surface area contributed by atoms with Crippen molar-refractivity contribution in [3.05, 3.63) is 63.6 Å². The SMILES string of the molecule is COc1cc(NC(=O)OCc2ccccc2)c(Cl)cc1-c1nn([C@@H]2CN3CCC2CC3)c(=O)o1. The largest absolute Gasteiger partial charge is 0.496 e. The van der Waals surface area contributed by atoms with Crippen LogP contribution >= 0.6 is 11.6 Å². The number of rotatable bonds is 6. The number of nitrogens with zero attached hydrogens (tertiary/aromatic N) is 3. The van der Waals surface area contributed by atoms with Crippen LogP contribution in [0.15, 0.2) is 51.7 Å². The van der Waals surface area contributed by atoms with E-state index in [0.29, 0.717) is 22.9 Å².